The lowest BCUT2D eigenvalue weighted by molar-refractivity contribution is -0.122. The lowest BCUT2D eigenvalue weighted by Gasteiger charge is -2.16. The van der Waals surface area contributed by atoms with Gasteiger partial charge in [0.05, 0.1) is 4.47 Å². The van der Waals surface area contributed by atoms with Crippen LogP contribution in [0.4, 0.5) is 5.69 Å². The molecule has 2 aromatic rings. The summed E-state index contributed by atoms with van der Waals surface area (Å²) < 4.78 is 17.9. The minimum Gasteiger partial charge on any atom is -0.480 e. The van der Waals surface area contributed by atoms with Gasteiger partial charge in [-0.15, -0.1) is 0 Å². The van der Waals surface area contributed by atoms with Crippen LogP contribution in [0.2, 0.25) is 0 Å². The van der Waals surface area contributed by atoms with Gasteiger partial charge in [0.25, 0.3) is 5.91 Å². The number of amides is 1. The molecule has 0 bridgehead atoms. The number of fused-ring (bicyclic) bond motifs is 1. The van der Waals surface area contributed by atoms with E-state index < -0.39 is 6.10 Å². The molecule has 0 saturated carbocycles. The second-order valence-electron chi connectivity index (χ2n) is 4.89. The molecule has 1 atom stereocenters. The van der Waals surface area contributed by atoms with E-state index >= 15 is 0 Å². The number of halogens is 2. The highest BCUT2D eigenvalue weighted by molar-refractivity contribution is 9.11. The molecule has 0 saturated heterocycles. The van der Waals surface area contributed by atoms with Crippen LogP contribution in [0.15, 0.2) is 45.3 Å². The van der Waals surface area contributed by atoms with E-state index in [0.717, 1.165) is 8.95 Å². The molecule has 0 aliphatic carbocycles. The van der Waals surface area contributed by atoms with Crippen LogP contribution in [0.25, 0.3) is 0 Å². The van der Waals surface area contributed by atoms with E-state index in [1.165, 1.54) is 0 Å². The Hall–Kier alpha value is -1.73. The molecule has 2 aromatic carbocycles. The monoisotopic (exact) mass is 441 g/mol. The quantitative estimate of drug-likeness (QED) is 0.764. The zero-order valence-corrected chi connectivity index (χ0v) is 15.3. The van der Waals surface area contributed by atoms with Crippen molar-refractivity contribution in [2.45, 2.75) is 13.0 Å². The molecule has 1 unspecified atom stereocenters. The average molecular weight is 443 g/mol. The maximum atomic E-state index is 12.3. The highest BCUT2D eigenvalue weighted by Crippen LogP contribution is 2.34. The zero-order chi connectivity index (χ0) is 16.4. The zero-order valence-electron chi connectivity index (χ0n) is 12.1. The third kappa shape index (κ3) is 3.79. The van der Waals surface area contributed by atoms with Crippen LogP contribution in [0.5, 0.6) is 17.2 Å². The number of benzene rings is 2. The first-order valence-corrected chi connectivity index (χ1v) is 8.44. The Labute approximate surface area is 150 Å². The van der Waals surface area contributed by atoms with E-state index in [0.29, 0.717) is 22.9 Å². The molecule has 1 heterocycles. The van der Waals surface area contributed by atoms with Crippen LogP contribution in [-0.2, 0) is 4.79 Å². The standard InChI is InChI=1S/C16H13Br2NO4/c1-9(23-13-4-2-10(17)6-12(13)18)16(20)19-11-3-5-14-15(7-11)22-8-21-14/h2-7,9H,8H2,1H3,(H,19,20). The molecule has 0 fully saturated rings. The third-order valence-corrected chi connectivity index (χ3v) is 4.32. The number of anilines is 1. The normalized spacial score (nSPS) is 13.5. The molecule has 23 heavy (non-hydrogen) atoms. The van der Waals surface area contributed by atoms with Crippen LogP contribution in [0.3, 0.4) is 0 Å². The van der Waals surface area contributed by atoms with Gasteiger partial charge in [-0.25, -0.2) is 0 Å². The second-order valence-corrected chi connectivity index (χ2v) is 6.66. The summed E-state index contributed by atoms with van der Waals surface area (Å²) in [6.07, 6.45) is -0.655. The first-order valence-electron chi connectivity index (χ1n) is 6.85. The van der Waals surface area contributed by atoms with Crippen molar-refractivity contribution in [3.05, 3.63) is 45.3 Å². The van der Waals surface area contributed by atoms with Crippen LogP contribution < -0.4 is 19.5 Å². The van der Waals surface area contributed by atoms with E-state index in [1.807, 2.05) is 12.1 Å². The Bertz CT molecular complexity index is 751. The molecular weight excluding hydrogens is 430 g/mol. The fourth-order valence-electron chi connectivity index (χ4n) is 2.03. The lowest BCUT2D eigenvalue weighted by Crippen LogP contribution is -2.30. The van der Waals surface area contributed by atoms with Gasteiger partial charge >= 0.3 is 0 Å². The Morgan fingerprint density at radius 1 is 1.17 bits per heavy atom. The molecule has 0 spiro atoms. The number of nitrogens with one attached hydrogen (secondary N) is 1. The van der Waals surface area contributed by atoms with Crippen molar-refractivity contribution in [1.29, 1.82) is 0 Å². The topological polar surface area (TPSA) is 56.8 Å². The first-order chi connectivity index (χ1) is 11.0. The predicted octanol–water partition coefficient (Wildman–Crippen LogP) is 4.35. The van der Waals surface area contributed by atoms with Crippen molar-refractivity contribution in [2.75, 3.05) is 12.1 Å². The Morgan fingerprint density at radius 2 is 1.96 bits per heavy atom. The van der Waals surface area contributed by atoms with Crippen molar-refractivity contribution < 1.29 is 19.0 Å². The summed E-state index contributed by atoms with van der Waals surface area (Å²) in [5, 5.41) is 2.80. The molecular formula is C16H13Br2NO4. The van der Waals surface area contributed by atoms with Gasteiger partial charge in [0.15, 0.2) is 17.6 Å². The number of ether oxygens (including phenoxy) is 3. The summed E-state index contributed by atoms with van der Waals surface area (Å²) >= 11 is 6.78. The minimum absolute atomic E-state index is 0.198. The second kappa shape index (κ2) is 6.80. The predicted molar refractivity (Wildman–Crippen MR) is 93.1 cm³/mol. The fraction of sp³-hybridized carbons (Fsp3) is 0.188. The largest absolute Gasteiger partial charge is 0.480 e. The van der Waals surface area contributed by atoms with Crippen molar-refractivity contribution in [3.8, 4) is 17.2 Å². The molecule has 1 aliphatic heterocycles. The molecule has 1 aliphatic rings. The smallest absolute Gasteiger partial charge is 0.265 e. The van der Waals surface area contributed by atoms with Gasteiger partial charge < -0.3 is 19.5 Å². The average Bonchev–Trinajstić information content (AvgIpc) is 2.97. The van der Waals surface area contributed by atoms with Crippen molar-refractivity contribution in [1.82, 2.24) is 0 Å². The molecule has 1 amide bonds. The fourth-order valence-corrected chi connectivity index (χ4v) is 3.17. The molecule has 0 aromatic heterocycles. The number of hydrogen-bond donors (Lipinski definition) is 1. The van der Waals surface area contributed by atoms with Gasteiger partial charge in [-0.3, -0.25) is 4.79 Å². The SMILES string of the molecule is CC(Oc1ccc(Br)cc1Br)C(=O)Nc1ccc2c(c1)OCO2. The van der Waals surface area contributed by atoms with E-state index in [2.05, 4.69) is 37.2 Å². The number of carbonyl (C=O) groups is 1. The maximum absolute atomic E-state index is 12.3. The first kappa shape index (κ1) is 16.1. The van der Waals surface area contributed by atoms with Crippen molar-refractivity contribution in [2.24, 2.45) is 0 Å². The minimum atomic E-state index is -0.655. The van der Waals surface area contributed by atoms with Gasteiger partial charge in [0, 0.05) is 16.2 Å². The van der Waals surface area contributed by atoms with Crippen molar-refractivity contribution in [3.63, 3.8) is 0 Å². The van der Waals surface area contributed by atoms with E-state index in [-0.39, 0.29) is 12.7 Å². The summed E-state index contributed by atoms with van der Waals surface area (Å²) in [4.78, 5) is 12.3. The highest BCUT2D eigenvalue weighted by Gasteiger charge is 2.18. The number of carbonyl (C=O) groups excluding carboxylic acids is 1. The summed E-state index contributed by atoms with van der Waals surface area (Å²) in [5.74, 6) is 1.64. The van der Waals surface area contributed by atoms with Gasteiger partial charge in [0.2, 0.25) is 6.79 Å². The van der Waals surface area contributed by atoms with Crippen LogP contribution in [-0.4, -0.2) is 18.8 Å². The third-order valence-electron chi connectivity index (χ3n) is 3.21. The molecule has 1 N–H and O–H groups in total. The van der Waals surface area contributed by atoms with Gasteiger partial charge in [0.1, 0.15) is 5.75 Å². The summed E-state index contributed by atoms with van der Waals surface area (Å²) in [5.41, 5.74) is 0.629. The van der Waals surface area contributed by atoms with E-state index in [4.69, 9.17) is 14.2 Å². The summed E-state index contributed by atoms with van der Waals surface area (Å²) in [6.45, 7) is 1.89. The summed E-state index contributed by atoms with van der Waals surface area (Å²) in [6, 6.07) is 10.7. The Balaban J connectivity index is 1.65. The number of hydrogen-bond acceptors (Lipinski definition) is 4. The maximum Gasteiger partial charge on any atom is 0.265 e. The summed E-state index contributed by atoms with van der Waals surface area (Å²) in [7, 11) is 0. The van der Waals surface area contributed by atoms with Crippen LogP contribution in [0, 0.1) is 0 Å². The van der Waals surface area contributed by atoms with Gasteiger partial charge in [-0.2, -0.15) is 0 Å². The van der Waals surface area contributed by atoms with E-state index in [1.54, 1.807) is 31.2 Å². The lowest BCUT2D eigenvalue weighted by atomic mass is 10.2. The Kier molecular flexibility index (Phi) is 4.77. The van der Waals surface area contributed by atoms with Crippen LogP contribution >= 0.6 is 31.9 Å². The van der Waals surface area contributed by atoms with Crippen molar-refractivity contribution >= 4 is 43.5 Å². The molecule has 120 valence electrons. The molecule has 7 heteroatoms. The molecule has 5 nitrogen and oxygen atoms in total. The van der Waals surface area contributed by atoms with E-state index in [9.17, 15) is 4.79 Å². The van der Waals surface area contributed by atoms with Gasteiger partial charge in [-0.1, -0.05) is 15.9 Å². The Morgan fingerprint density at radius 3 is 2.74 bits per heavy atom. The van der Waals surface area contributed by atoms with Gasteiger partial charge in [-0.05, 0) is 53.2 Å². The van der Waals surface area contributed by atoms with Crippen LogP contribution in [0.1, 0.15) is 6.92 Å². The number of rotatable bonds is 4. The highest BCUT2D eigenvalue weighted by atomic mass is 79.9. The molecule has 0 radical (unpaired) electrons. The molecule has 3 rings (SSSR count).